The highest BCUT2D eigenvalue weighted by Crippen LogP contribution is 2.69. The van der Waals surface area contributed by atoms with Crippen LogP contribution in [0.3, 0.4) is 0 Å². The van der Waals surface area contributed by atoms with Gasteiger partial charge in [-0.05, 0) is 65.6 Å². The molecule has 0 aliphatic heterocycles. The quantitative estimate of drug-likeness (QED) is 0.565. The molecule has 28 heavy (non-hydrogen) atoms. The zero-order valence-corrected chi connectivity index (χ0v) is 16.1. The zero-order chi connectivity index (χ0) is 19.7. The van der Waals surface area contributed by atoms with Gasteiger partial charge in [-0.25, -0.2) is 18.7 Å². The number of benzene rings is 1. The fraction of sp³-hybridized carbons (Fsp3) is 0.333. The van der Waals surface area contributed by atoms with Crippen molar-refractivity contribution in [2.24, 2.45) is 5.41 Å². The number of nitrogens with zero attached hydrogens (tertiary/aromatic N) is 4. The number of hydrogen-bond donors (Lipinski definition) is 0. The Hall–Kier alpha value is -2.47. The van der Waals surface area contributed by atoms with Crippen LogP contribution >= 0.6 is 11.6 Å². The molecular weight excluding hydrogens is 382 g/mol. The van der Waals surface area contributed by atoms with E-state index in [9.17, 15) is 8.78 Å². The summed E-state index contributed by atoms with van der Waals surface area (Å²) >= 11 is 6.07. The Morgan fingerprint density at radius 1 is 1.11 bits per heavy atom. The zero-order valence-electron chi connectivity index (χ0n) is 15.4. The van der Waals surface area contributed by atoms with Crippen LogP contribution < -0.4 is 0 Å². The maximum absolute atomic E-state index is 14.3. The van der Waals surface area contributed by atoms with Crippen molar-refractivity contribution in [1.29, 1.82) is 0 Å². The molecule has 1 aromatic carbocycles. The summed E-state index contributed by atoms with van der Waals surface area (Å²) in [7, 11) is 0. The minimum atomic E-state index is -0.644. The lowest BCUT2D eigenvalue weighted by atomic mass is 9.66. The van der Waals surface area contributed by atoms with Crippen LogP contribution in [0.2, 0.25) is 5.28 Å². The van der Waals surface area contributed by atoms with Crippen LogP contribution in [0.25, 0.3) is 11.3 Å². The van der Waals surface area contributed by atoms with Crippen LogP contribution in [0.15, 0.2) is 36.5 Å². The van der Waals surface area contributed by atoms with Gasteiger partial charge in [0.05, 0.1) is 28.1 Å². The van der Waals surface area contributed by atoms with Crippen molar-refractivity contribution in [3.63, 3.8) is 0 Å². The van der Waals surface area contributed by atoms with Crippen LogP contribution in [0.1, 0.15) is 49.6 Å². The normalized spacial score (nSPS) is 24.4. The molecule has 2 heterocycles. The Morgan fingerprint density at radius 2 is 1.86 bits per heavy atom. The highest BCUT2D eigenvalue weighted by atomic mass is 35.5. The van der Waals surface area contributed by atoms with Gasteiger partial charge in [-0.2, -0.15) is 5.10 Å². The second-order valence-electron chi connectivity index (χ2n) is 8.06. The third kappa shape index (κ3) is 2.09. The summed E-state index contributed by atoms with van der Waals surface area (Å²) in [6.07, 6.45) is 3.46. The Bertz CT molecular complexity index is 1100. The summed E-state index contributed by atoms with van der Waals surface area (Å²) < 4.78 is 28.5. The molecule has 4 nitrogen and oxygen atoms in total. The predicted octanol–water partition coefficient (Wildman–Crippen LogP) is 5.07. The van der Waals surface area contributed by atoms with Gasteiger partial charge in [0.25, 0.3) is 0 Å². The average Bonchev–Trinajstić information content (AvgIpc) is 3.03. The van der Waals surface area contributed by atoms with E-state index >= 15 is 0 Å². The summed E-state index contributed by atoms with van der Waals surface area (Å²) in [5.41, 5.74) is 2.07. The van der Waals surface area contributed by atoms with E-state index < -0.39 is 17.0 Å². The maximum atomic E-state index is 14.3. The summed E-state index contributed by atoms with van der Waals surface area (Å²) in [5.74, 6) is -1.09. The molecule has 2 bridgehead atoms. The number of halogens is 3. The van der Waals surface area contributed by atoms with Crippen LogP contribution in [-0.2, 0) is 5.41 Å². The number of aromatic nitrogens is 4. The minimum Gasteiger partial charge on any atom is -0.227 e. The molecule has 0 saturated heterocycles. The van der Waals surface area contributed by atoms with E-state index in [0.29, 0.717) is 0 Å². The monoisotopic (exact) mass is 398 g/mol. The van der Waals surface area contributed by atoms with Crippen molar-refractivity contribution in [1.82, 2.24) is 20.2 Å². The lowest BCUT2D eigenvalue weighted by Gasteiger charge is -2.37. The van der Waals surface area contributed by atoms with Gasteiger partial charge < -0.3 is 0 Å². The van der Waals surface area contributed by atoms with Crippen LogP contribution in [0.4, 0.5) is 8.78 Å². The van der Waals surface area contributed by atoms with E-state index in [1.54, 1.807) is 12.3 Å². The van der Waals surface area contributed by atoms with Crippen LogP contribution in [0, 0.1) is 17.0 Å². The molecule has 1 saturated carbocycles. The Kier molecular flexibility index (Phi) is 3.63. The molecule has 7 heteroatoms. The van der Waals surface area contributed by atoms with Crippen LogP contribution in [-0.4, -0.2) is 20.2 Å². The van der Waals surface area contributed by atoms with E-state index in [1.165, 1.54) is 18.2 Å². The first-order valence-corrected chi connectivity index (χ1v) is 9.55. The highest BCUT2D eigenvalue weighted by molar-refractivity contribution is 6.28. The third-order valence-electron chi connectivity index (χ3n) is 6.66. The lowest BCUT2D eigenvalue weighted by molar-refractivity contribution is 0.242. The Labute approximate surface area is 166 Å². The molecule has 0 spiro atoms. The number of fused-ring (bicyclic) bond motifs is 5. The molecular formula is C21H17ClF2N4. The molecule has 2 atom stereocenters. The number of rotatable bonds is 2. The van der Waals surface area contributed by atoms with Gasteiger partial charge in [-0.1, -0.05) is 19.9 Å². The fourth-order valence-electron chi connectivity index (χ4n) is 5.33. The SMILES string of the molecule is CC1(C)C2CC[C@]1(c1ccnc(Cl)n1)c1nnc(-c3c(F)cccc3F)cc12. The van der Waals surface area contributed by atoms with Gasteiger partial charge in [0, 0.05) is 6.20 Å². The second kappa shape index (κ2) is 5.77. The summed E-state index contributed by atoms with van der Waals surface area (Å²) in [6.45, 7) is 4.37. The van der Waals surface area contributed by atoms with Gasteiger partial charge in [0.15, 0.2) is 0 Å². The van der Waals surface area contributed by atoms with E-state index in [2.05, 4.69) is 34.0 Å². The van der Waals surface area contributed by atoms with Gasteiger partial charge in [0.2, 0.25) is 5.28 Å². The van der Waals surface area contributed by atoms with Crippen molar-refractivity contribution >= 4 is 11.6 Å². The Balaban J connectivity index is 1.74. The first kappa shape index (κ1) is 17.6. The molecule has 1 unspecified atom stereocenters. The minimum absolute atomic E-state index is 0.141. The van der Waals surface area contributed by atoms with E-state index in [-0.39, 0.29) is 27.9 Å². The summed E-state index contributed by atoms with van der Waals surface area (Å²) in [5, 5.41) is 8.89. The molecule has 0 amide bonds. The molecule has 2 aliphatic carbocycles. The first-order valence-electron chi connectivity index (χ1n) is 9.18. The molecule has 142 valence electrons. The van der Waals surface area contributed by atoms with Crippen molar-refractivity contribution in [2.45, 2.75) is 38.0 Å². The topological polar surface area (TPSA) is 51.6 Å². The average molecular weight is 399 g/mol. The molecule has 3 aromatic rings. The molecule has 2 aromatic heterocycles. The summed E-state index contributed by atoms with van der Waals surface area (Å²) in [6, 6.07) is 7.46. The molecule has 0 N–H and O–H groups in total. The highest BCUT2D eigenvalue weighted by Gasteiger charge is 2.65. The maximum Gasteiger partial charge on any atom is 0.222 e. The van der Waals surface area contributed by atoms with Gasteiger partial charge >= 0.3 is 0 Å². The molecule has 0 radical (unpaired) electrons. The summed E-state index contributed by atoms with van der Waals surface area (Å²) in [4.78, 5) is 8.50. The number of hydrogen-bond acceptors (Lipinski definition) is 4. The first-order chi connectivity index (χ1) is 13.4. The molecule has 1 fully saturated rings. The van der Waals surface area contributed by atoms with Crippen molar-refractivity contribution < 1.29 is 8.78 Å². The van der Waals surface area contributed by atoms with E-state index in [0.717, 1.165) is 29.8 Å². The van der Waals surface area contributed by atoms with Crippen molar-refractivity contribution in [3.8, 4) is 11.3 Å². The van der Waals surface area contributed by atoms with Crippen molar-refractivity contribution in [2.75, 3.05) is 0 Å². The van der Waals surface area contributed by atoms with Crippen LogP contribution in [0.5, 0.6) is 0 Å². The molecule has 2 aliphatic rings. The Morgan fingerprint density at radius 3 is 2.57 bits per heavy atom. The smallest absolute Gasteiger partial charge is 0.222 e. The van der Waals surface area contributed by atoms with Crippen molar-refractivity contribution in [3.05, 3.63) is 70.4 Å². The molecule has 5 rings (SSSR count). The fourth-order valence-corrected chi connectivity index (χ4v) is 5.48. The van der Waals surface area contributed by atoms with Gasteiger partial charge in [-0.15, -0.1) is 5.10 Å². The van der Waals surface area contributed by atoms with Gasteiger partial charge in [0.1, 0.15) is 11.6 Å². The predicted molar refractivity (Wildman–Crippen MR) is 101 cm³/mol. The van der Waals surface area contributed by atoms with E-state index in [4.69, 9.17) is 11.6 Å². The third-order valence-corrected chi connectivity index (χ3v) is 6.85. The largest absolute Gasteiger partial charge is 0.227 e. The second-order valence-corrected chi connectivity index (χ2v) is 8.40. The standard InChI is InChI=1S/C21H17ClF2N4/c1-20(2)12-6-8-21(20,16-7-9-25-19(22)26-16)18-11(12)10-15(27-28-18)17-13(23)4-3-5-14(17)24/h3-5,7,9-10,12H,6,8H2,1-2H3/t12?,21-/m0/s1. The lowest BCUT2D eigenvalue weighted by Crippen LogP contribution is -2.37. The van der Waals surface area contributed by atoms with E-state index in [1.807, 2.05) is 6.07 Å². The van der Waals surface area contributed by atoms with Gasteiger partial charge in [-0.3, -0.25) is 0 Å².